The van der Waals surface area contributed by atoms with Crippen molar-refractivity contribution in [3.63, 3.8) is 0 Å². The molecule has 0 atom stereocenters. The normalized spacial score (nSPS) is 12.1. The van der Waals surface area contributed by atoms with Crippen molar-refractivity contribution in [2.75, 3.05) is 0 Å². The van der Waals surface area contributed by atoms with Gasteiger partial charge in [0.05, 0.1) is 0 Å². The molecule has 0 amide bonds. The Morgan fingerprint density at radius 2 is 0.734 bits per heavy atom. The maximum absolute atomic E-state index is 2.47. The van der Waals surface area contributed by atoms with Gasteiger partial charge in [-0.3, -0.25) is 0 Å². The molecule has 0 aliphatic carbocycles. The lowest BCUT2D eigenvalue weighted by atomic mass is 9.83. The van der Waals surface area contributed by atoms with Crippen LogP contribution in [0.25, 0.3) is 139 Å². The molecule has 2 heteroatoms. The summed E-state index contributed by atoms with van der Waals surface area (Å²) in [4.78, 5) is 0. The average Bonchev–Trinajstić information content (AvgIpc) is 3.91. The van der Waals surface area contributed by atoms with Crippen molar-refractivity contribution in [2.45, 2.75) is 0 Å². The molecule has 2 heterocycles. The summed E-state index contributed by atoms with van der Waals surface area (Å²) in [7, 11) is 0. The van der Waals surface area contributed by atoms with Crippen LogP contribution >= 0.6 is 22.7 Å². The molecule has 14 aromatic rings. The first-order valence-electron chi connectivity index (χ1n) is 22.0. The summed E-state index contributed by atoms with van der Waals surface area (Å²) in [5.41, 5.74) is 10.0. The summed E-state index contributed by atoms with van der Waals surface area (Å²) < 4.78 is 5.37. The van der Waals surface area contributed by atoms with Crippen LogP contribution in [0, 0.1) is 0 Å². The third kappa shape index (κ3) is 5.34. The zero-order valence-electron chi connectivity index (χ0n) is 34.6. The van der Waals surface area contributed by atoms with Crippen LogP contribution in [0.4, 0.5) is 0 Å². The zero-order chi connectivity index (χ0) is 41.9. The van der Waals surface area contributed by atoms with E-state index in [0.29, 0.717) is 0 Å². The van der Waals surface area contributed by atoms with Crippen LogP contribution < -0.4 is 0 Å². The predicted molar refractivity (Wildman–Crippen MR) is 281 cm³/mol. The van der Waals surface area contributed by atoms with Gasteiger partial charge in [0.1, 0.15) is 0 Å². The molecular formula is C62H36S2. The van der Waals surface area contributed by atoms with E-state index in [1.54, 1.807) is 0 Å². The second kappa shape index (κ2) is 13.9. The minimum atomic E-state index is 1.22. The van der Waals surface area contributed by atoms with E-state index in [-0.39, 0.29) is 0 Å². The molecule has 0 bridgehead atoms. The van der Waals surface area contributed by atoms with Crippen LogP contribution in [-0.2, 0) is 0 Å². The Balaban J connectivity index is 0.975. The van der Waals surface area contributed by atoms with E-state index in [9.17, 15) is 0 Å². The Kier molecular flexibility index (Phi) is 7.83. The molecule has 64 heavy (non-hydrogen) atoms. The second-order valence-corrected chi connectivity index (χ2v) is 19.2. The summed E-state index contributed by atoms with van der Waals surface area (Å²) in [6, 6.07) is 81.7. The summed E-state index contributed by atoms with van der Waals surface area (Å²) in [6.45, 7) is 0. The molecule has 0 saturated heterocycles. The van der Waals surface area contributed by atoms with E-state index < -0.39 is 0 Å². The topological polar surface area (TPSA) is 0 Å². The molecule has 0 aliphatic heterocycles. The minimum absolute atomic E-state index is 1.22. The molecule has 0 spiro atoms. The first kappa shape index (κ1) is 35.9. The van der Waals surface area contributed by atoms with E-state index >= 15 is 0 Å². The third-order valence-electron chi connectivity index (χ3n) is 13.6. The Labute approximate surface area is 377 Å². The standard InChI is InChI=1S/C62H36S2/c1-2-15-38-32-40(29-28-37(38)14-1)39-16-13-17-41(33-39)60-48-23-7-9-25-50(48)61(51-26-10-8-24-49(51)60)52-31-30-45(42-18-3-4-19-43(42)52)53-34-59-62(47-22-6-5-20-44(47)53)55-36-57-54(35-58(55)64-59)46-21-11-12-27-56(46)63-57/h1-36H. The van der Waals surface area contributed by atoms with Gasteiger partial charge in [0.25, 0.3) is 0 Å². The van der Waals surface area contributed by atoms with Gasteiger partial charge in [-0.15, -0.1) is 22.7 Å². The Morgan fingerprint density at radius 1 is 0.219 bits per heavy atom. The van der Waals surface area contributed by atoms with Gasteiger partial charge in [-0.1, -0.05) is 182 Å². The zero-order valence-corrected chi connectivity index (χ0v) is 36.2. The molecule has 12 aromatic carbocycles. The van der Waals surface area contributed by atoms with Crippen LogP contribution in [0.5, 0.6) is 0 Å². The highest BCUT2D eigenvalue weighted by Gasteiger charge is 2.21. The molecule has 0 radical (unpaired) electrons. The van der Waals surface area contributed by atoms with Crippen molar-refractivity contribution < 1.29 is 0 Å². The van der Waals surface area contributed by atoms with Crippen molar-refractivity contribution in [1.82, 2.24) is 0 Å². The van der Waals surface area contributed by atoms with Crippen molar-refractivity contribution in [3.8, 4) is 44.5 Å². The smallest absolute Gasteiger partial charge is 0.0368 e. The molecule has 0 nitrogen and oxygen atoms in total. The van der Waals surface area contributed by atoms with E-state index in [1.807, 2.05) is 22.7 Å². The largest absolute Gasteiger partial charge is 0.135 e. The van der Waals surface area contributed by atoms with E-state index in [0.717, 1.165) is 0 Å². The van der Waals surface area contributed by atoms with Crippen molar-refractivity contribution >= 4 is 117 Å². The number of fused-ring (bicyclic) bond motifs is 12. The van der Waals surface area contributed by atoms with E-state index in [2.05, 4.69) is 218 Å². The predicted octanol–water partition coefficient (Wildman–Crippen LogP) is 18.9. The van der Waals surface area contributed by atoms with Crippen LogP contribution in [0.3, 0.4) is 0 Å². The quantitative estimate of drug-likeness (QED) is 0.155. The first-order valence-corrected chi connectivity index (χ1v) is 23.6. The average molecular weight is 845 g/mol. The van der Waals surface area contributed by atoms with Gasteiger partial charge in [0, 0.05) is 40.3 Å². The molecule has 0 aliphatic rings. The summed E-state index contributed by atoms with van der Waals surface area (Å²) >= 11 is 3.82. The Bertz CT molecular complexity index is 4200. The van der Waals surface area contributed by atoms with Gasteiger partial charge >= 0.3 is 0 Å². The fraction of sp³-hybridized carbons (Fsp3) is 0. The second-order valence-electron chi connectivity index (χ2n) is 17.1. The lowest BCUT2D eigenvalue weighted by Crippen LogP contribution is -1.93. The summed E-state index contributed by atoms with van der Waals surface area (Å²) in [6.07, 6.45) is 0. The number of hydrogen-bond acceptors (Lipinski definition) is 2. The first-order chi connectivity index (χ1) is 31.7. The Hall–Kier alpha value is -7.62. The van der Waals surface area contributed by atoms with Crippen LogP contribution in [0.15, 0.2) is 218 Å². The van der Waals surface area contributed by atoms with Crippen LogP contribution in [-0.4, -0.2) is 0 Å². The number of benzene rings is 12. The van der Waals surface area contributed by atoms with E-state index in [4.69, 9.17) is 0 Å². The maximum atomic E-state index is 2.47. The molecule has 0 unspecified atom stereocenters. The number of thiophene rings is 2. The molecule has 0 fully saturated rings. The van der Waals surface area contributed by atoms with Crippen LogP contribution in [0.1, 0.15) is 0 Å². The van der Waals surface area contributed by atoms with Crippen LogP contribution in [0.2, 0.25) is 0 Å². The lowest BCUT2D eigenvalue weighted by Gasteiger charge is -2.20. The van der Waals surface area contributed by atoms with Gasteiger partial charge in [-0.25, -0.2) is 0 Å². The van der Waals surface area contributed by atoms with Gasteiger partial charge in [0.15, 0.2) is 0 Å². The van der Waals surface area contributed by atoms with Gasteiger partial charge in [-0.05, 0) is 135 Å². The summed E-state index contributed by atoms with van der Waals surface area (Å²) in [5, 5.41) is 18.1. The highest BCUT2D eigenvalue weighted by Crippen LogP contribution is 2.50. The minimum Gasteiger partial charge on any atom is -0.135 e. The molecule has 0 saturated carbocycles. The van der Waals surface area contributed by atoms with Gasteiger partial charge in [0.2, 0.25) is 0 Å². The Morgan fingerprint density at radius 3 is 1.48 bits per heavy atom. The molecule has 0 N–H and O–H groups in total. The molecular weight excluding hydrogens is 809 g/mol. The molecule has 2 aromatic heterocycles. The van der Waals surface area contributed by atoms with Crippen molar-refractivity contribution in [1.29, 1.82) is 0 Å². The van der Waals surface area contributed by atoms with Gasteiger partial charge in [-0.2, -0.15) is 0 Å². The fourth-order valence-corrected chi connectivity index (χ4v) is 13.1. The highest BCUT2D eigenvalue weighted by atomic mass is 32.1. The lowest BCUT2D eigenvalue weighted by molar-refractivity contribution is 1.63. The molecule has 296 valence electrons. The number of rotatable bonds is 4. The molecule has 14 rings (SSSR count). The fourth-order valence-electron chi connectivity index (χ4n) is 10.8. The third-order valence-corrected chi connectivity index (χ3v) is 15.9. The van der Waals surface area contributed by atoms with E-state index in [1.165, 1.54) is 139 Å². The SMILES string of the molecule is c1cc(-c2ccc3ccccc3c2)cc(-c2c3ccccc3c(-c3ccc(-c4cc5sc6cc7c(cc6c5c5ccccc45)sc4ccccc47)c4ccccc34)c3ccccc23)c1. The number of hydrogen-bond donors (Lipinski definition) is 0. The van der Waals surface area contributed by atoms with Crippen molar-refractivity contribution in [3.05, 3.63) is 218 Å². The monoisotopic (exact) mass is 844 g/mol. The summed E-state index contributed by atoms with van der Waals surface area (Å²) in [5.74, 6) is 0. The van der Waals surface area contributed by atoms with Crippen molar-refractivity contribution in [2.24, 2.45) is 0 Å². The van der Waals surface area contributed by atoms with Gasteiger partial charge < -0.3 is 0 Å². The highest BCUT2D eigenvalue weighted by molar-refractivity contribution is 7.27. The maximum Gasteiger partial charge on any atom is 0.0368 e.